The monoisotopic (exact) mass is 2320 g/mol. The molecule has 0 unspecified atom stereocenters. The largest absolute Gasteiger partial charge is 0.0622 e. The van der Waals surface area contributed by atoms with Crippen LogP contribution < -0.4 is 79.4 Å². The molecule has 26 heteroatoms. The summed E-state index contributed by atoms with van der Waals surface area (Å²) in [5, 5.41) is 29.7. The molecule has 740 valence electrons. The third kappa shape index (κ3) is 35.8. The molecule has 0 aliphatic heterocycles. The summed E-state index contributed by atoms with van der Waals surface area (Å²) in [7, 11) is -1.78. The van der Waals surface area contributed by atoms with Crippen LogP contribution in [0.1, 0.15) is 14.9 Å². The Morgan fingerprint density at radius 2 is 0.578 bits per heavy atom. The number of anilines is 3. The summed E-state index contributed by atoms with van der Waals surface area (Å²) in [6.45, 7) is 0. The molecule has 13 aromatic carbocycles. The van der Waals surface area contributed by atoms with Crippen LogP contribution in [0, 0.1) is 17.5 Å². The SMILES string of the molecule is C.C.Fc1ccc(-c2nc(Nc3ccncc3Cl)c3cccn3n2)nc1.Fc1ccc(-c2nc(Oc3ccccc3)c3cccn3n2)nc1.Fc1ccc(Br)nc1.Nc1ccncc1Cl.[CH3][Sn]([CH3])([CH3])[CH3].[Pd].c1ccc(P(c2ccccc2)c2ccccc2)cc1.c1ccc(P(c2ccccc2)c2ccccc2)cc1.c1ccc(P(c2ccccc2)c2ccccc2)cc1.c1ccc(P(c2ccccc2)c2ccccc2)cc1. The number of ether oxygens (including phenoxy) is 1. The predicted molar refractivity (Wildman–Crippen MR) is 620 cm³/mol. The van der Waals surface area contributed by atoms with Gasteiger partial charge in [0.25, 0.3) is 0 Å². The second-order valence-corrected chi connectivity index (χ2v) is 60.5. The van der Waals surface area contributed by atoms with Crippen LogP contribution >= 0.6 is 70.8 Å². The number of fused-ring (bicyclic) bond motifs is 2. The Kier molecular flexibility index (Phi) is 46.7. The van der Waals surface area contributed by atoms with Crippen LogP contribution in [0.25, 0.3) is 34.1 Å². The maximum atomic E-state index is 13.1. The quantitative estimate of drug-likeness (QED) is 0.0474. The van der Waals surface area contributed by atoms with E-state index < -0.39 is 61.7 Å². The molecule has 0 bridgehead atoms. The topological polar surface area (TPSA) is 172 Å². The number of halogens is 6. The van der Waals surface area contributed by atoms with Crippen molar-refractivity contribution in [1.29, 1.82) is 0 Å². The number of rotatable bonds is 18. The van der Waals surface area contributed by atoms with Gasteiger partial charge in [-0.25, -0.2) is 42.1 Å². The van der Waals surface area contributed by atoms with E-state index in [9.17, 15) is 13.2 Å². The standard InChI is InChI=1S/4C18H15P.C17H11FN4O.C16H10ClFN6.C5H3BrFN.C5H5ClN2.2CH4.4CH3.Pd.Sn/c4*1-4-10-16(11-5-1)19(17-12-6-2-7-13-17)18-14-8-3-9-15-18;18-12-8-9-14(19-11-12)16-20-17(15-7-4-10-22(15)21-16)23-13-5-2-1-3-6-13;17-11-9-19-6-5-12(11)21-16-14-2-1-7-24(14)23-15(22-16)13-4-3-10(18)8-20-13;6-5-2-1-4(7)3-8-5;6-4-3-8-2-1-5(4)7;;;;;;;;/h4*1-15H;1-11H;1-9H,(H,19,21,22,23);1-3H;1-3H,(H2,7,8);2*1H4;4*1H3;;. The number of benzene rings is 13. The third-order valence-corrected chi connectivity index (χ3v) is 31.2. The Morgan fingerprint density at radius 1 is 0.313 bits per heavy atom. The van der Waals surface area contributed by atoms with Crippen LogP contribution in [0.3, 0.4) is 0 Å². The summed E-state index contributed by atoms with van der Waals surface area (Å²) < 4.78 is 48.0. The normalized spacial score (nSPS) is 10.4. The summed E-state index contributed by atoms with van der Waals surface area (Å²) in [6, 6.07) is 158. The fourth-order valence-corrected chi connectivity index (χ4v) is 23.6. The second kappa shape index (κ2) is 60.4. The number of para-hydroxylation sites is 1. The zero-order chi connectivity index (χ0) is 100. The van der Waals surface area contributed by atoms with Gasteiger partial charge in [-0.05, 0) is 196 Å². The molecule has 9 heterocycles. The van der Waals surface area contributed by atoms with Gasteiger partial charge in [0.2, 0.25) is 17.5 Å². The van der Waals surface area contributed by atoms with Crippen molar-refractivity contribution in [2.75, 3.05) is 11.1 Å². The van der Waals surface area contributed by atoms with Crippen molar-refractivity contribution in [3.8, 4) is 34.7 Å². The summed E-state index contributed by atoms with van der Waals surface area (Å²) in [5.74, 6) is 1.24. The van der Waals surface area contributed by atoms with Crippen molar-refractivity contribution in [2.45, 2.75) is 34.6 Å². The average molecular weight is 2320 g/mol. The van der Waals surface area contributed by atoms with Crippen molar-refractivity contribution < 1.29 is 38.3 Å². The summed E-state index contributed by atoms with van der Waals surface area (Å²) in [5.41, 5.74) is 9.04. The van der Waals surface area contributed by atoms with Gasteiger partial charge in [-0.2, -0.15) is 4.98 Å². The zero-order valence-corrected chi connectivity index (χ0v) is 90.5. The van der Waals surface area contributed by atoms with E-state index in [0.29, 0.717) is 66.5 Å². The predicted octanol–water partition coefficient (Wildman–Crippen LogP) is 27.7. The number of nitrogens with two attached hydrogens (primary N) is 1. The minimum absolute atomic E-state index is 0. The van der Waals surface area contributed by atoms with Gasteiger partial charge in [-0.3, -0.25) is 9.97 Å². The number of nitrogen functional groups attached to an aromatic ring is 1. The maximum Gasteiger partial charge on any atom is 0 e. The molecule has 0 radical (unpaired) electrons. The van der Waals surface area contributed by atoms with Crippen molar-refractivity contribution in [3.63, 3.8) is 0 Å². The molecule has 22 rings (SSSR count). The van der Waals surface area contributed by atoms with Crippen LogP contribution in [0.5, 0.6) is 11.6 Å². The van der Waals surface area contributed by atoms with E-state index >= 15 is 0 Å². The van der Waals surface area contributed by atoms with Crippen LogP contribution in [-0.4, -0.2) is 72.5 Å². The second-order valence-electron chi connectivity index (χ2n) is 32.9. The molecular formula is C121H109BrCl2F3N13OP4PdSn. The maximum absolute atomic E-state index is 13.1. The van der Waals surface area contributed by atoms with Gasteiger partial charge in [0.1, 0.15) is 50.2 Å². The zero-order valence-electron chi connectivity index (χ0n) is 79.4. The van der Waals surface area contributed by atoms with E-state index in [-0.39, 0.29) is 41.1 Å². The van der Waals surface area contributed by atoms with E-state index in [4.69, 9.17) is 33.7 Å². The first-order chi connectivity index (χ1) is 70.4. The van der Waals surface area contributed by atoms with E-state index in [1.165, 1.54) is 100 Å². The Labute approximate surface area is 900 Å². The molecule has 9 aromatic heterocycles. The first kappa shape index (κ1) is 114. The molecule has 0 aliphatic carbocycles. The van der Waals surface area contributed by atoms with Crippen molar-refractivity contribution in [1.82, 2.24) is 54.1 Å². The van der Waals surface area contributed by atoms with Crippen molar-refractivity contribution in [3.05, 3.63) is 555 Å². The Balaban J connectivity index is 0.000000161. The molecule has 0 saturated heterocycles. The minimum Gasteiger partial charge on any atom is -0.0622 e. The molecule has 0 amide bonds. The summed E-state index contributed by atoms with van der Waals surface area (Å²) >= 11 is 13.6. The Bertz CT molecular complexity index is 6620. The van der Waals surface area contributed by atoms with Crippen LogP contribution in [0.2, 0.25) is 29.8 Å². The number of hydrogen-bond donors (Lipinski definition) is 2. The van der Waals surface area contributed by atoms with E-state index in [2.05, 4.69) is 450 Å². The van der Waals surface area contributed by atoms with E-state index in [0.717, 1.165) is 29.6 Å². The molecule has 22 aromatic rings. The fourth-order valence-electron chi connectivity index (χ4n) is 13.9. The summed E-state index contributed by atoms with van der Waals surface area (Å²) in [6.07, 6.45) is 13.3. The molecule has 0 fully saturated rings. The van der Waals surface area contributed by atoms with Gasteiger partial charge in [0, 0.05) is 57.6 Å². The smallest absolute Gasteiger partial charge is 0 e. The molecule has 0 aliphatic rings. The number of nitrogens with one attached hydrogen (secondary N) is 1. The molecule has 0 saturated carbocycles. The Morgan fingerprint density at radius 3 is 0.837 bits per heavy atom. The van der Waals surface area contributed by atoms with E-state index in [1.807, 2.05) is 54.6 Å². The molecule has 3 N–H and O–H groups in total. The molecule has 0 spiro atoms. The number of pyridine rings is 5. The van der Waals surface area contributed by atoms with Gasteiger partial charge >= 0.3 is 38.1 Å². The van der Waals surface area contributed by atoms with E-state index in [1.54, 1.807) is 58.2 Å². The average Bonchev–Trinajstić information content (AvgIpc) is 1.67. The van der Waals surface area contributed by atoms with Gasteiger partial charge in [0.05, 0.1) is 40.0 Å². The first-order valence-electron chi connectivity index (χ1n) is 45.9. The first-order valence-corrected chi connectivity index (χ1v) is 64.2. The number of hydrogen-bond acceptors (Lipinski definition) is 12. The molecule has 14 nitrogen and oxygen atoms in total. The molecule has 147 heavy (non-hydrogen) atoms. The van der Waals surface area contributed by atoms with Crippen molar-refractivity contribution in [2.24, 2.45) is 0 Å². The fraction of sp³-hybridized carbons (Fsp3) is 0.0496. The third-order valence-electron chi connectivity index (χ3n) is 20.3. The Hall–Kier alpha value is -13.7. The molecular weight excluding hydrogens is 2210 g/mol. The number of aromatic nitrogens is 11. The minimum atomic E-state index is -1.18. The van der Waals surface area contributed by atoms with Crippen molar-refractivity contribution >= 4 is 181 Å². The van der Waals surface area contributed by atoms with Crippen LogP contribution in [0.4, 0.5) is 30.4 Å². The summed E-state index contributed by atoms with van der Waals surface area (Å²) in [4.78, 5) is 37.9. The van der Waals surface area contributed by atoms with Gasteiger partial charge < -0.3 is 15.8 Å². The van der Waals surface area contributed by atoms with Gasteiger partial charge in [-0.1, -0.05) is 420 Å². The van der Waals surface area contributed by atoms with Crippen LogP contribution in [-0.2, 0) is 20.4 Å². The van der Waals surface area contributed by atoms with Crippen LogP contribution in [0.15, 0.2) is 527 Å². The number of nitrogens with zero attached hydrogens (tertiary/aromatic N) is 11. The van der Waals surface area contributed by atoms with Gasteiger partial charge in [-0.15, -0.1) is 10.2 Å². The molecule has 0 atom stereocenters. The van der Waals surface area contributed by atoms with Gasteiger partial charge in [0.15, 0.2) is 5.82 Å².